The van der Waals surface area contributed by atoms with E-state index in [0.29, 0.717) is 24.9 Å². The molecule has 1 saturated carbocycles. The molecule has 45 heavy (non-hydrogen) atoms. The Labute approximate surface area is 266 Å². The average Bonchev–Trinajstić information content (AvgIpc) is 3.65. The molecule has 3 rings (SSSR count). The Kier molecular flexibility index (Phi) is 11.2. The van der Waals surface area contributed by atoms with Crippen LogP contribution in [0.3, 0.4) is 0 Å². The van der Waals surface area contributed by atoms with Crippen LogP contribution in [0.15, 0.2) is 30.3 Å². The summed E-state index contributed by atoms with van der Waals surface area (Å²) < 4.78 is 0. The molecule has 5 amide bonds. The van der Waals surface area contributed by atoms with Gasteiger partial charge in [-0.3, -0.25) is 24.0 Å². The molecular weight excluding hydrogens is 574 g/mol. The van der Waals surface area contributed by atoms with Crippen molar-refractivity contribution in [3.05, 3.63) is 35.9 Å². The molecule has 0 spiro atoms. The zero-order valence-corrected chi connectivity index (χ0v) is 27.9. The molecule has 11 heteroatoms. The minimum absolute atomic E-state index is 0.00151. The van der Waals surface area contributed by atoms with E-state index in [0.717, 1.165) is 12.8 Å². The number of rotatable bonds is 12. The third kappa shape index (κ3) is 9.37. The summed E-state index contributed by atoms with van der Waals surface area (Å²) in [7, 11) is 0. The molecule has 1 unspecified atom stereocenters. The maximum Gasteiger partial charge on any atom is 0.316 e. The van der Waals surface area contributed by atoms with Crippen molar-refractivity contribution in [2.45, 2.75) is 105 Å². The molecule has 1 aliphatic heterocycles. The van der Waals surface area contributed by atoms with E-state index in [1.165, 1.54) is 4.90 Å². The van der Waals surface area contributed by atoms with E-state index >= 15 is 0 Å². The molecule has 11 nitrogen and oxygen atoms in total. The van der Waals surface area contributed by atoms with Crippen molar-refractivity contribution in [2.75, 3.05) is 6.54 Å². The summed E-state index contributed by atoms with van der Waals surface area (Å²) in [6, 6.07) is 4.17. The molecule has 1 aromatic rings. The van der Waals surface area contributed by atoms with Gasteiger partial charge in [-0.05, 0) is 41.4 Å². The Morgan fingerprint density at radius 2 is 1.42 bits per heavy atom. The molecule has 0 radical (unpaired) electrons. The number of primary amides is 1. The monoisotopic (exact) mass is 625 g/mol. The average molecular weight is 626 g/mol. The van der Waals surface area contributed by atoms with Crippen molar-refractivity contribution in [1.82, 2.24) is 20.9 Å². The summed E-state index contributed by atoms with van der Waals surface area (Å²) in [4.78, 5) is 80.6. The first-order valence-corrected chi connectivity index (χ1v) is 15.9. The van der Waals surface area contributed by atoms with E-state index in [2.05, 4.69) is 16.0 Å². The smallest absolute Gasteiger partial charge is 0.316 e. The molecule has 2 fully saturated rings. The molecule has 2 aliphatic rings. The molecule has 1 heterocycles. The number of ketones is 2. The maximum absolute atomic E-state index is 14.3. The van der Waals surface area contributed by atoms with E-state index in [1.54, 1.807) is 30.3 Å². The van der Waals surface area contributed by atoms with Gasteiger partial charge in [-0.25, -0.2) is 4.79 Å². The van der Waals surface area contributed by atoms with Crippen LogP contribution in [0.4, 0.5) is 4.79 Å². The van der Waals surface area contributed by atoms with Gasteiger partial charge >= 0.3 is 6.03 Å². The number of benzene rings is 1. The number of carbonyl (C=O) groups excluding carboxylic acids is 6. The highest BCUT2D eigenvalue weighted by Crippen LogP contribution is 2.35. The van der Waals surface area contributed by atoms with Crippen LogP contribution in [-0.4, -0.2) is 70.9 Å². The van der Waals surface area contributed by atoms with E-state index in [4.69, 9.17) is 5.73 Å². The number of amides is 5. The molecule has 1 aromatic carbocycles. The molecule has 5 atom stereocenters. The van der Waals surface area contributed by atoms with Crippen LogP contribution >= 0.6 is 0 Å². The number of carbonyl (C=O) groups is 6. The minimum Gasteiger partial charge on any atom is -0.363 e. The van der Waals surface area contributed by atoms with Gasteiger partial charge in [0.1, 0.15) is 12.1 Å². The second kappa shape index (κ2) is 14.1. The third-order valence-corrected chi connectivity index (χ3v) is 8.85. The number of hydrogen-bond acceptors (Lipinski definition) is 6. The topological polar surface area (TPSA) is 168 Å². The van der Waals surface area contributed by atoms with Crippen LogP contribution in [0.5, 0.6) is 0 Å². The van der Waals surface area contributed by atoms with Gasteiger partial charge < -0.3 is 26.6 Å². The highest BCUT2D eigenvalue weighted by Gasteiger charge is 2.47. The number of hydrogen-bond donors (Lipinski definition) is 4. The predicted molar refractivity (Wildman–Crippen MR) is 171 cm³/mol. The summed E-state index contributed by atoms with van der Waals surface area (Å²) in [5.41, 5.74) is 4.34. The van der Waals surface area contributed by atoms with Crippen molar-refractivity contribution >= 4 is 35.3 Å². The van der Waals surface area contributed by atoms with Crippen LogP contribution in [0.2, 0.25) is 0 Å². The van der Waals surface area contributed by atoms with Gasteiger partial charge in [0.25, 0.3) is 5.91 Å². The maximum atomic E-state index is 14.3. The van der Waals surface area contributed by atoms with Gasteiger partial charge in [0.2, 0.25) is 17.6 Å². The van der Waals surface area contributed by atoms with Crippen molar-refractivity contribution in [3.8, 4) is 0 Å². The molecule has 248 valence electrons. The third-order valence-electron chi connectivity index (χ3n) is 8.85. The fourth-order valence-corrected chi connectivity index (χ4v) is 5.76. The number of urea groups is 1. The number of nitrogens with two attached hydrogens (primary N) is 1. The second-order valence-electron chi connectivity index (χ2n) is 15.2. The van der Waals surface area contributed by atoms with Crippen LogP contribution in [0, 0.1) is 28.6 Å². The van der Waals surface area contributed by atoms with E-state index < -0.39 is 64.5 Å². The Balaban J connectivity index is 1.84. The zero-order valence-electron chi connectivity index (χ0n) is 27.9. The first-order valence-electron chi connectivity index (χ1n) is 15.9. The van der Waals surface area contributed by atoms with Crippen molar-refractivity contribution in [1.29, 1.82) is 0 Å². The molecule has 0 bridgehead atoms. The summed E-state index contributed by atoms with van der Waals surface area (Å²) in [5, 5.41) is 8.35. The summed E-state index contributed by atoms with van der Waals surface area (Å²) >= 11 is 0. The Bertz CT molecular complexity index is 1280. The van der Waals surface area contributed by atoms with E-state index in [9.17, 15) is 28.8 Å². The van der Waals surface area contributed by atoms with Crippen molar-refractivity contribution < 1.29 is 28.8 Å². The van der Waals surface area contributed by atoms with Gasteiger partial charge in [0.15, 0.2) is 5.78 Å². The zero-order chi connectivity index (χ0) is 33.9. The lowest BCUT2D eigenvalue weighted by Gasteiger charge is -2.37. The summed E-state index contributed by atoms with van der Waals surface area (Å²) in [6.07, 6.45) is 2.52. The standard InChI is InChI=1S/C34H51N5O6/c1-19(2)22-17-24(30(43)36-23(16-20-14-15-20)26(41)29(35)42)39(18-22)31(44)28(34(6,7)8)38-32(45)37-27(33(3,4)5)25(40)21-12-10-9-11-13-21/h9-13,19-20,22-24,27-28H,14-18H2,1-8H3,(H2,35,42)(H,36,43)(H2,37,38,45)/t22-,23?,24+,27-,28-/m1/s1. The van der Waals surface area contributed by atoms with Crippen LogP contribution in [0.25, 0.3) is 0 Å². The van der Waals surface area contributed by atoms with Gasteiger partial charge in [-0.2, -0.15) is 0 Å². The highest BCUT2D eigenvalue weighted by molar-refractivity contribution is 6.37. The highest BCUT2D eigenvalue weighted by atomic mass is 16.2. The number of nitrogens with zero attached hydrogens (tertiary/aromatic N) is 1. The van der Waals surface area contributed by atoms with E-state index in [1.807, 2.05) is 55.4 Å². The number of likely N-dealkylation sites (tertiary alicyclic amines) is 1. The predicted octanol–water partition coefficient (Wildman–Crippen LogP) is 3.21. The molecule has 1 aliphatic carbocycles. The Hall–Kier alpha value is -3.76. The van der Waals surface area contributed by atoms with Crippen LogP contribution in [-0.2, 0) is 19.2 Å². The van der Waals surface area contributed by atoms with Gasteiger partial charge in [-0.15, -0.1) is 0 Å². The van der Waals surface area contributed by atoms with Crippen molar-refractivity contribution in [2.24, 2.45) is 34.3 Å². The Morgan fingerprint density at radius 3 is 1.91 bits per heavy atom. The Morgan fingerprint density at radius 1 is 0.867 bits per heavy atom. The molecule has 0 aromatic heterocycles. The lowest BCUT2D eigenvalue weighted by molar-refractivity contribution is -0.143. The van der Waals surface area contributed by atoms with E-state index in [-0.39, 0.29) is 23.5 Å². The van der Waals surface area contributed by atoms with Crippen molar-refractivity contribution in [3.63, 3.8) is 0 Å². The van der Waals surface area contributed by atoms with Gasteiger partial charge in [-0.1, -0.05) is 98.6 Å². The first kappa shape index (κ1) is 35.7. The molecule has 5 N–H and O–H groups in total. The number of nitrogens with one attached hydrogen (secondary N) is 3. The van der Waals surface area contributed by atoms with Gasteiger partial charge in [0, 0.05) is 12.1 Å². The summed E-state index contributed by atoms with van der Waals surface area (Å²) in [6.45, 7) is 15.3. The first-order chi connectivity index (χ1) is 20.8. The lowest BCUT2D eigenvalue weighted by Crippen LogP contribution is -2.61. The minimum atomic E-state index is -1.11. The fourth-order valence-electron chi connectivity index (χ4n) is 5.76. The summed E-state index contributed by atoms with van der Waals surface area (Å²) in [5.74, 6) is -2.78. The van der Waals surface area contributed by atoms with Crippen LogP contribution in [0.1, 0.15) is 91.4 Å². The fraction of sp³-hybridized carbons (Fsp3) is 0.647. The van der Waals surface area contributed by atoms with Crippen LogP contribution < -0.4 is 21.7 Å². The largest absolute Gasteiger partial charge is 0.363 e. The normalized spacial score (nSPS) is 20.6. The second-order valence-corrected chi connectivity index (χ2v) is 15.2. The molecule has 1 saturated heterocycles. The van der Waals surface area contributed by atoms with Gasteiger partial charge in [0.05, 0.1) is 12.1 Å². The lowest BCUT2D eigenvalue weighted by atomic mass is 9.82. The number of Topliss-reactive ketones (excluding diaryl/α,β-unsaturated/α-hetero) is 2. The molecular formula is C34H51N5O6. The SMILES string of the molecule is CC(C)[C@@H]1C[C@@H](C(=O)NC(CC2CC2)C(=O)C(N)=O)N(C(=O)[C@@H](NC(=O)N[C@H](C(=O)c2ccccc2)C(C)(C)C)C(C)(C)C)C1. The quantitative estimate of drug-likeness (QED) is 0.206.